The smallest absolute Gasteiger partial charge is 0.451 e. The quantitative estimate of drug-likeness (QED) is 0.224. The molecule has 3 aromatic rings. The molecule has 0 spiro atoms. The highest BCUT2D eigenvalue weighted by atomic mass is 19.1. The molecule has 10 nitrogen and oxygen atoms in total. The summed E-state index contributed by atoms with van der Waals surface area (Å²) in [5.41, 5.74) is 0.666. The van der Waals surface area contributed by atoms with Gasteiger partial charge in [0.25, 0.3) is 5.91 Å². The van der Waals surface area contributed by atoms with Gasteiger partial charge in [-0.15, -0.1) is 0 Å². The second kappa shape index (κ2) is 11.8. The molecular weight excluding hydrogens is 528 g/mol. The van der Waals surface area contributed by atoms with E-state index in [9.17, 15) is 23.2 Å². The number of carbonyl (C=O) groups excluding carboxylic acids is 2. The SMILES string of the molecule is COCCOC(=O)OCOc1c2n(ncc1=O)[C@@H](C(c1ccc(F)cc1)c1ccc(F)cc1)[C@H]1CCCN1C2=O. The van der Waals surface area contributed by atoms with Gasteiger partial charge in [0.2, 0.25) is 18.0 Å². The Morgan fingerprint density at radius 3 is 2.27 bits per heavy atom. The van der Waals surface area contributed by atoms with Gasteiger partial charge in [-0.2, -0.15) is 5.10 Å². The van der Waals surface area contributed by atoms with Crippen LogP contribution in [0.3, 0.4) is 0 Å². The van der Waals surface area contributed by atoms with Crippen LogP contribution >= 0.6 is 0 Å². The van der Waals surface area contributed by atoms with Crippen molar-refractivity contribution in [2.45, 2.75) is 30.8 Å². The van der Waals surface area contributed by atoms with Gasteiger partial charge in [0.1, 0.15) is 18.2 Å². The molecule has 1 amide bonds. The van der Waals surface area contributed by atoms with Crippen molar-refractivity contribution < 1.29 is 37.3 Å². The molecule has 0 saturated carbocycles. The third kappa shape index (κ3) is 5.39. The topological polar surface area (TPSA) is 109 Å². The van der Waals surface area contributed by atoms with E-state index < -0.39 is 47.9 Å². The summed E-state index contributed by atoms with van der Waals surface area (Å²) in [7, 11) is 1.45. The van der Waals surface area contributed by atoms with Crippen LogP contribution in [0.15, 0.2) is 59.5 Å². The average Bonchev–Trinajstić information content (AvgIpc) is 3.44. The lowest BCUT2D eigenvalue weighted by Gasteiger charge is -2.42. The van der Waals surface area contributed by atoms with Gasteiger partial charge in [-0.25, -0.2) is 13.6 Å². The second-order valence-electron chi connectivity index (χ2n) is 9.41. The lowest BCUT2D eigenvalue weighted by atomic mass is 9.80. The highest BCUT2D eigenvalue weighted by molar-refractivity contribution is 5.96. The Morgan fingerprint density at radius 2 is 1.65 bits per heavy atom. The number of fused-ring (bicyclic) bond motifs is 2. The van der Waals surface area contributed by atoms with Crippen LogP contribution in [0.4, 0.5) is 13.6 Å². The molecule has 0 N–H and O–H groups in total. The monoisotopic (exact) mass is 555 g/mol. The van der Waals surface area contributed by atoms with Gasteiger partial charge < -0.3 is 23.8 Å². The van der Waals surface area contributed by atoms with Crippen molar-refractivity contribution in [1.29, 1.82) is 0 Å². The lowest BCUT2D eigenvalue weighted by molar-refractivity contribution is -0.00548. The number of rotatable bonds is 9. The maximum atomic E-state index is 13.9. The van der Waals surface area contributed by atoms with Crippen molar-refractivity contribution in [2.75, 3.05) is 33.7 Å². The first-order chi connectivity index (χ1) is 19.4. The molecule has 210 valence electrons. The third-order valence-electron chi connectivity index (χ3n) is 7.09. The van der Waals surface area contributed by atoms with Crippen molar-refractivity contribution >= 4 is 12.1 Å². The zero-order valence-corrected chi connectivity index (χ0v) is 21.6. The molecule has 2 aliphatic rings. The van der Waals surface area contributed by atoms with Gasteiger partial charge in [0, 0.05) is 19.6 Å². The minimum atomic E-state index is -1.03. The first-order valence-electron chi connectivity index (χ1n) is 12.7. The fraction of sp³-hybridized carbons (Fsp3) is 0.357. The molecular formula is C28H27F2N3O7. The number of nitrogens with zero attached hydrogens (tertiary/aromatic N) is 3. The molecule has 0 unspecified atom stereocenters. The summed E-state index contributed by atoms with van der Waals surface area (Å²) in [6, 6.07) is 11.1. The van der Waals surface area contributed by atoms with E-state index >= 15 is 0 Å². The predicted molar refractivity (Wildman–Crippen MR) is 136 cm³/mol. The maximum absolute atomic E-state index is 13.9. The largest absolute Gasteiger partial charge is 0.511 e. The van der Waals surface area contributed by atoms with Crippen molar-refractivity contribution in [3.05, 3.63) is 93.4 Å². The van der Waals surface area contributed by atoms with Gasteiger partial charge in [-0.1, -0.05) is 24.3 Å². The van der Waals surface area contributed by atoms with Crippen LogP contribution in [0.2, 0.25) is 0 Å². The zero-order valence-electron chi connectivity index (χ0n) is 21.6. The van der Waals surface area contributed by atoms with Crippen molar-refractivity contribution in [1.82, 2.24) is 14.7 Å². The summed E-state index contributed by atoms with van der Waals surface area (Å²) in [4.78, 5) is 40.0. The molecule has 12 heteroatoms. The minimum Gasteiger partial charge on any atom is -0.451 e. The summed E-state index contributed by atoms with van der Waals surface area (Å²) >= 11 is 0. The normalized spacial score (nSPS) is 17.9. The summed E-state index contributed by atoms with van der Waals surface area (Å²) in [6.07, 6.45) is 1.39. The van der Waals surface area contributed by atoms with E-state index in [-0.39, 0.29) is 30.7 Å². The first kappa shape index (κ1) is 27.3. The number of hydrogen-bond donors (Lipinski definition) is 0. The molecule has 2 atom stereocenters. The lowest BCUT2D eigenvalue weighted by Crippen LogP contribution is -2.51. The number of methoxy groups -OCH3 is 1. The van der Waals surface area contributed by atoms with Crippen molar-refractivity contribution in [3.63, 3.8) is 0 Å². The minimum absolute atomic E-state index is 0.0344. The van der Waals surface area contributed by atoms with E-state index in [1.54, 1.807) is 29.2 Å². The van der Waals surface area contributed by atoms with Crippen LogP contribution in [0.1, 0.15) is 46.4 Å². The summed E-state index contributed by atoms with van der Waals surface area (Å²) in [6.45, 7) is -0.0954. The molecule has 5 rings (SSSR count). The Morgan fingerprint density at radius 1 is 1.00 bits per heavy atom. The Bertz CT molecular complexity index is 1380. The van der Waals surface area contributed by atoms with Crippen molar-refractivity contribution in [2.24, 2.45) is 0 Å². The Labute approximate surface area is 228 Å². The van der Waals surface area contributed by atoms with Gasteiger partial charge >= 0.3 is 6.16 Å². The maximum Gasteiger partial charge on any atom is 0.511 e. The first-order valence-corrected chi connectivity index (χ1v) is 12.7. The molecule has 0 bridgehead atoms. The molecule has 1 saturated heterocycles. The van der Waals surface area contributed by atoms with E-state index in [4.69, 9.17) is 18.9 Å². The van der Waals surface area contributed by atoms with Gasteiger partial charge in [-0.05, 0) is 48.2 Å². The second-order valence-corrected chi connectivity index (χ2v) is 9.41. The van der Waals surface area contributed by atoms with Crippen molar-refractivity contribution in [3.8, 4) is 5.75 Å². The Balaban J connectivity index is 1.56. The molecule has 0 aliphatic carbocycles. The van der Waals surface area contributed by atoms with E-state index in [2.05, 4.69) is 5.10 Å². The van der Waals surface area contributed by atoms with Crippen LogP contribution in [0.5, 0.6) is 5.75 Å². The van der Waals surface area contributed by atoms with Crippen LogP contribution in [0, 0.1) is 11.6 Å². The number of halogens is 2. The van der Waals surface area contributed by atoms with E-state index in [0.29, 0.717) is 13.0 Å². The van der Waals surface area contributed by atoms with Gasteiger partial charge in [0.05, 0.1) is 24.9 Å². The summed E-state index contributed by atoms with van der Waals surface area (Å²) < 4.78 is 49.3. The fourth-order valence-corrected chi connectivity index (χ4v) is 5.39. The molecule has 40 heavy (non-hydrogen) atoms. The van der Waals surface area contributed by atoms with Crippen LogP contribution in [-0.4, -0.2) is 66.4 Å². The number of carbonyl (C=O) groups is 2. The highest BCUT2D eigenvalue weighted by Gasteiger charge is 2.48. The van der Waals surface area contributed by atoms with Gasteiger partial charge in [-0.3, -0.25) is 14.3 Å². The molecule has 2 aromatic carbocycles. The third-order valence-corrected chi connectivity index (χ3v) is 7.09. The Hall–Kier alpha value is -4.32. The number of aromatic nitrogens is 2. The van der Waals surface area contributed by atoms with E-state index in [1.807, 2.05) is 0 Å². The molecule has 1 aromatic heterocycles. The summed E-state index contributed by atoms with van der Waals surface area (Å²) in [5, 5.41) is 4.35. The number of benzene rings is 2. The Kier molecular flexibility index (Phi) is 8.06. The molecule has 0 radical (unpaired) electrons. The number of ether oxygens (including phenoxy) is 4. The number of hydrogen-bond acceptors (Lipinski definition) is 8. The van der Waals surface area contributed by atoms with Crippen LogP contribution in [-0.2, 0) is 14.2 Å². The standard InChI is InChI=1S/C28H27F2N3O7/c1-37-13-14-38-28(36)40-16-39-26-22(34)15-31-33-24(21-3-2-12-32(21)27(35)25(26)33)23(17-4-8-19(29)9-5-17)18-6-10-20(30)11-7-18/h4-11,15,21,23-24H,2-3,12-14,16H2,1H3/t21-,24-/m1/s1. The van der Waals surface area contributed by atoms with E-state index in [1.165, 1.54) is 36.1 Å². The average molecular weight is 556 g/mol. The van der Waals surface area contributed by atoms with Crippen LogP contribution in [0.25, 0.3) is 0 Å². The van der Waals surface area contributed by atoms with Gasteiger partial charge in [0.15, 0.2) is 5.69 Å². The van der Waals surface area contributed by atoms with E-state index in [0.717, 1.165) is 23.7 Å². The molecule has 3 heterocycles. The highest BCUT2D eigenvalue weighted by Crippen LogP contribution is 2.45. The number of amides is 1. The predicted octanol–water partition coefficient (Wildman–Crippen LogP) is 3.65. The molecule has 1 fully saturated rings. The van der Waals surface area contributed by atoms with Crippen LogP contribution < -0.4 is 10.2 Å². The fourth-order valence-electron chi connectivity index (χ4n) is 5.39. The zero-order chi connectivity index (χ0) is 28.2. The summed E-state index contributed by atoms with van der Waals surface area (Å²) in [5.74, 6) is -2.09. The molecule has 2 aliphatic heterocycles.